The number of aryl methyl sites for hydroxylation is 1. The first-order valence-electron chi connectivity index (χ1n) is 5.34. The fraction of sp³-hybridized carbons (Fsp3) is 0.500. The highest BCUT2D eigenvalue weighted by atomic mass is 15.0. The van der Waals surface area contributed by atoms with E-state index in [2.05, 4.69) is 36.5 Å². The zero-order valence-corrected chi connectivity index (χ0v) is 8.66. The van der Waals surface area contributed by atoms with Gasteiger partial charge in [0.25, 0.3) is 0 Å². The standard InChI is InChI=1S/C12H18N2/c1-9-4-2-5-10(8-9)14-12-7-3-6-11(12)13/h2,4-5,8,11-12,14H,3,6-7,13H2,1H3/t11-,12+/m0/s1. The molecule has 1 aliphatic carbocycles. The number of hydrogen-bond donors (Lipinski definition) is 2. The molecule has 0 bridgehead atoms. The minimum absolute atomic E-state index is 0.329. The molecule has 1 saturated carbocycles. The summed E-state index contributed by atoms with van der Waals surface area (Å²) in [4.78, 5) is 0. The first-order valence-corrected chi connectivity index (χ1v) is 5.34. The zero-order chi connectivity index (χ0) is 9.97. The Morgan fingerprint density at radius 2 is 2.21 bits per heavy atom. The molecule has 76 valence electrons. The van der Waals surface area contributed by atoms with Crippen LogP contribution in [0.5, 0.6) is 0 Å². The Balaban J connectivity index is 2.03. The second-order valence-corrected chi connectivity index (χ2v) is 4.22. The van der Waals surface area contributed by atoms with Gasteiger partial charge in [0.2, 0.25) is 0 Å². The predicted molar refractivity (Wildman–Crippen MR) is 60.4 cm³/mol. The Bertz CT molecular complexity index is 309. The van der Waals surface area contributed by atoms with E-state index in [0.717, 1.165) is 6.42 Å². The van der Waals surface area contributed by atoms with Crippen molar-refractivity contribution in [1.82, 2.24) is 0 Å². The highest BCUT2D eigenvalue weighted by Crippen LogP contribution is 2.21. The van der Waals surface area contributed by atoms with E-state index in [1.807, 2.05) is 0 Å². The second-order valence-electron chi connectivity index (χ2n) is 4.22. The van der Waals surface area contributed by atoms with Crippen molar-refractivity contribution in [2.45, 2.75) is 38.3 Å². The number of nitrogens with two attached hydrogens (primary N) is 1. The summed E-state index contributed by atoms with van der Waals surface area (Å²) in [5.41, 5.74) is 8.50. The summed E-state index contributed by atoms with van der Waals surface area (Å²) >= 11 is 0. The summed E-state index contributed by atoms with van der Waals surface area (Å²) in [7, 11) is 0. The van der Waals surface area contributed by atoms with E-state index in [1.54, 1.807) is 0 Å². The van der Waals surface area contributed by atoms with E-state index in [4.69, 9.17) is 5.73 Å². The highest BCUT2D eigenvalue weighted by molar-refractivity contribution is 5.46. The molecule has 2 heteroatoms. The maximum Gasteiger partial charge on any atom is 0.0412 e. The van der Waals surface area contributed by atoms with Crippen molar-refractivity contribution in [1.29, 1.82) is 0 Å². The molecule has 2 atom stereocenters. The summed E-state index contributed by atoms with van der Waals surface area (Å²) in [6, 6.07) is 9.27. The SMILES string of the molecule is Cc1cccc(N[C@@H]2CCC[C@@H]2N)c1. The second kappa shape index (κ2) is 4.01. The fourth-order valence-electron chi connectivity index (χ4n) is 2.12. The first kappa shape index (κ1) is 9.53. The Morgan fingerprint density at radius 1 is 1.36 bits per heavy atom. The number of rotatable bonds is 2. The van der Waals surface area contributed by atoms with Gasteiger partial charge in [0.05, 0.1) is 0 Å². The summed E-state index contributed by atoms with van der Waals surface area (Å²) in [6.45, 7) is 2.11. The van der Waals surface area contributed by atoms with Gasteiger partial charge in [0.15, 0.2) is 0 Å². The molecular weight excluding hydrogens is 172 g/mol. The quantitative estimate of drug-likeness (QED) is 0.751. The largest absolute Gasteiger partial charge is 0.381 e. The monoisotopic (exact) mass is 190 g/mol. The third kappa shape index (κ3) is 2.07. The van der Waals surface area contributed by atoms with Crippen molar-refractivity contribution in [3.05, 3.63) is 29.8 Å². The molecule has 0 heterocycles. The summed E-state index contributed by atoms with van der Waals surface area (Å²) in [5.74, 6) is 0. The summed E-state index contributed by atoms with van der Waals surface area (Å²) in [5, 5.41) is 3.51. The molecule has 0 saturated heterocycles. The summed E-state index contributed by atoms with van der Waals surface area (Å²) < 4.78 is 0. The number of anilines is 1. The van der Waals surface area contributed by atoms with Crippen LogP contribution < -0.4 is 11.1 Å². The number of hydrogen-bond acceptors (Lipinski definition) is 2. The molecule has 0 aliphatic heterocycles. The lowest BCUT2D eigenvalue weighted by molar-refractivity contribution is 0.638. The number of nitrogens with one attached hydrogen (secondary N) is 1. The molecule has 0 radical (unpaired) electrons. The van der Waals surface area contributed by atoms with Crippen LogP contribution >= 0.6 is 0 Å². The molecule has 2 rings (SSSR count). The first-order chi connectivity index (χ1) is 6.75. The van der Waals surface area contributed by atoms with Crippen LogP contribution in [0.15, 0.2) is 24.3 Å². The van der Waals surface area contributed by atoms with E-state index in [0.29, 0.717) is 12.1 Å². The van der Waals surface area contributed by atoms with Crippen molar-refractivity contribution in [3.63, 3.8) is 0 Å². The minimum atomic E-state index is 0.329. The van der Waals surface area contributed by atoms with Crippen LogP contribution in [0, 0.1) is 6.92 Å². The lowest BCUT2D eigenvalue weighted by atomic mass is 10.1. The molecule has 0 unspecified atom stereocenters. The molecule has 0 amide bonds. The van der Waals surface area contributed by atoms with Gasteiger partial charge in [-0.3, -0.25) is 0 Å². The fourth-order valence-corrected chi connectivity index (χ4v) is 2.12. The minimum Gasteiger partial charge on any atom is -0.381 e. The predicted octanol–water partition coefficient (Wildman–Crippen LogP) is 2.29. The molecule has 1 aliphatic rings. The van der Waals surface area contributed by atoms with Gasteiger partial charge in [-0.05, 0) is 43.9 Å². The van der Waals surface area contributed by atoms with Gasteiger partial charge in [-0.15, -0.1) is 0 Å². The van der Waals surface area contributed by atoms with Gasteiger partial charge < -0.3 is 11.1 Å². The van der Waals surface area contributed by atoms with Crippen molar-refractivity contribution < 1.29 is 0 Å². The van der Waals surface area contributed by atoms with Crippen LogP contribution in [-0.2, 0) is 0 Å². The normalized spacial score (nSPS) is 26.4. The molecule has 1 aromatic rings. The van der Waals surface area contributed by atoms with Crippen LogP contribution in [0.1, 0.15) is 24.8 Å². The third-order valence-corrected chi connectivity index (χ3v) is 2.94. The topological polar surface area (TPSA) is 38.0 Å². The lowest BCUT2D eigenvalue weighted by Crippen LogP contribution is -2.35. The lowest BCUT2D eigenvalue weighted by Gasteiger charge is -2.18. The van der Waals surface area contributed by atoms with Gasteiger partial charge in [0.1, 0.15) is 0 Å². The Hall–Kier alpha value is -1.02. The molecule has 0 aromatic heterocycles. The Morgan fingerprint density at radius 3 is 2.86 bits per heavy atom. The Kier molecular flexibility index (Phi) is 2.73. The van der Waals surface area contributed by atoms with Crippen molar-refractivity contribution in [2.75, 3.05) is 5.32 Å². The molecule has 0 spiro atoms. The summed E-state index contributed by atoms with van der Waals surface area (Å²) in [6.07, 6.45) is 3.61. The molecule has 2 nitrogen and oxygen atoms in total. The van der Waals surface area contributed by atoms with Gasteiger partial charge in [0, 0.05) is 17.8 Å². The molecular formula is C12H18N2. The van der Waals surface area contributed by atoms with E-state index >= 15 is 0 Å². The van der Waals surface area contributed by atoms with Crippen molar-refractivity contribution in [3.8, 4) is 0 Å². The van der Waals surface area contributed by atoms with Crippen LogP contribution in [0.4, 0.5) is 5.69 Å². The van der Waals surface area contributed by atoms with Crippen molar-refractivity contribution >= 4 is 5.69 Å². The highest BCUT2D eigenvalue weighted by Gasteiger charge is 2.23. The molecule has 3 N–H and O–H groups in total. The smallest absolute Gasteiger partial charge is 0.0412 e. The van der Waals surface area contributed by atoms with Crippen LogP contribution in [0.3, 0.4) is 0 Å². The van der Waals surface area contributed by atoms with Gasteiger partial charge in [-0.1, -0.05) is 12.1 Å². The van der Waals surface area contributed by atoms with E-state index < -0.39 is 0 Å². The molecule has 14 heavy (non-hydrogen) atoms. The zero-order valence-electron chi connectivity index (χ0n) is 8.66. The van der Waals surface area contributed by atoms with Crippen LogP contribution in [0.25, 0.3) is 0 Å². The average Bonchev–Trinajstić information content (AvgIpc) is 2.52. The molecule has 1 aromatic carbocycles. The van der Waals surface area contributed by atoms with Crippen LogP contribution in [0.2, 0.25) is 0 Å². The third-order valence-electron chi connectivity index (χ3n) is 2.94. The van der Waals surface area contributed by atoms with Gasteiger partial charge >= 0.3 is 0 Å². The average molecular weight is 190 g/mol. The van der Waals surface area contributed by atoms with Gasteiger partial charge in [-0.25, -0.2) is 0 Å². The van der Waals surface area contributed by atoms with E-state index in [1.165, 1.54) is 24.1 Å². The maximum atomic E-state index is 6.00. The van der Waals surface area contributed by atoms with E-state index in [-0.39, 0.29) is 0 Å². The van der Waals surface area contributed by atoms with Crippen LogP contribution in [-0.4, -0.2) is 12.1 Å². The maximum absolute atomic E-state index is 6.00. The van der Waals surface area contributed by atoms with E-state index in [9.17, 15) is 0 Å². The molecule has 1 fully saturated rings. The number of benzene rings is 1. The van der Waals surface area contributed by atoms with Gasteiger partial charge in [-0.2, -0.15) is 0 Å². The van der Waals surface area contributed by atoms with Crippen molar-refractivity contribution in [2.24, 2.45) is 5.73 Å². The Labute approximate surface area is 85.5 Å².